The van der Waals surface area contributed by atoms with Gasteiger partial charge >= 0.3 is 0 Å². The predicted octanol–water partition coefficient (Wildman–Crippen LogP) is 6.58. The van der Waals surface area contributed by atoms with E-state index in [1.807, 2.05) is 6.26 Å². The standard InChI is InChI=1S/C19H27BrO/c1-2-3-4-5-16-8-12-19(13-9-16)21-15-14-17-6-10-18(20)11-7-17/h6-7,10-11,14-16,19H,2-5,8-9,12-13H2,1H3. The summed E-state index contributed by atoms with van der Waals surface area (Å²) in [5.41, 5.74) is 1.19. The molecule has 21 heavy (non-hydrogen) atoms. The van der Waals surface area contributed by atoms with Crippen LogP contribution in [0.1, 0.15) is 63.9 Å². The number of rotatable bonds is 7. The molecule has 0 heterocycles. The summed E-state index contributed by atoms with van der Waals surface area (Å²) in [5.74, 6) is 0.951. The molecule has 0 aromatic heterocycles. The van der Waals surface area contributed by atoms with Gasteiger partial charge in [-0.15, -0.1) is 0 Å². The SMILES string of the molecule is CCCCCC1CCC(OC=Cc2ccc(Br)cc2)CC1. The minimum atomic E-state index is 0.430. The minimum Gasteiger partial charge on any atom is -0.498 e. The average Bonchev–Trinajstić information content (AvgIpc) is 2.51. The zero-order chi connectivity index (χ0) is 14.9. The van der Waals surface area contributed by atoms with Crippen molar-refractivity contribution < 1.29 is 4.74 Å². The first-order chi connectivity index (χ1) is 10.3. The third kappa shape index (κ3) is 6.25. The Kier molecular flexibility index (Phi) is 7.35. The molecule has 0 aliphatic heterocycles. The van der Waals surface area contributed by atoms with E-state index in [0.29, 0.717) is 6.10 Å². The first-order valence-electron chi connectivity index (χ1n) is 8.35. The van der Waals surface area contributed by atoms with Crippen LogP contribution in [-0.4, -0.2) is 6.10 Å². The van der Waals surface area contributed by atoms with Crippen LogP contribution in [0.3, 0.4) is 0 Å². The van der Waals surface area contributed by atoms with Crippen molar-refractivity contribution in [2.24, 2.45) is 5.92 Å². The molecule has 0 bridgehead atoms. The zero-order valence-electron chi connectivity index (χ0n) is 13.1. The van der Waals surface area contributed by atoms with E-state index in [-0.39, 0.29) is 0 Å². The van der Waals surface area contributed by atoms with Gasteiger partial charge in [0.2, 0.25) is 0 Å². The van der Waals surface area contributed by atoms with E-state index in [1.165, 1.54) is 56.9 Å². The lowest BCUT2D eigenvalue weighted by molar-refractivity contribution is 0.0872. The highest BCUT2D eigenvalue weighted by molar-refractivity contribution is 9.10. The first kappa shape index (κ1) is 16.6. The Balaban J connectivity index is 1.65. The summed E-state index contributed by atoms with van der Waals surface area (Å²) in [4.78, 5) is 0. The van der Waals surface area contributed by atoms with Crippen LogP contribution in [0.5, 0.6) is 0 Å². The molecular weight excluding hydrogens is 324 g/mol. The highest BCUT2D eigenvalue weighted by Gasteiger charge is 2.20. The van der Waals surface area contributed by atoms with Gasteiger partial charge in [-0.05, 0) is 55.4 Å². The zero-order valence-corrected chi connectivity index (χ0v) is 14.6. The van der Waals surface area contributed by atoms with Gasteiger partial charge in [0.25, 0.3) is 0 Å². The Morgan fingerprint density at radius 3 is 2.48 bits per heavy atom. The summed E-state index contributed by atoms with van der Waals surface area (Å²) in [6.45, 7) is 2.28. The van der Waals surface area contributed by atoms with Gasteiger partial charge in [-0.2, -0.15) is 0 Å². The first-order valence-corrected chi connectivity index (χ1v) is 9.15. The van der Waals surface area contributed by atoms with Crippen LogP contribution in [-0.2, 0) is 4.74 Å². The minimum absolute atomic E-state index is 0.430. The second-order valence-electron chi connectivity index (χ2n) is 6.13. The van der Waals surface area contributed by atoms with Gasteiger partial charge in [-0.1, -0.05) is 60.7 Å². The lowest BCUT2D eigenvalue weighted by Gasteiger charge is -2.28. The van der Waals surface area contributed by atoms with Gasteiger partial charge in [0.05, 0.1) is 12.4 Å². The molecule has 1 aliphatic carbocycles. The van der Waals surface area contributed by atoms with Gasteiger partial charge in [0.15, 0.2) is 0 Å². The number of hydrogen-bond donors (Lipinski definition) is 0. The van der Waals surface area contributed by atoms with E-state index in [1.54, 1.807) is 0 Å². The normalized spacial score (nSPS) is 22.6. The molecule has 1 aliphatic rings. The molecule has 0 radical (unpaired) electrons. The van der Waals surface area contributed by atoms with Crippen molar-refractivity contribution in [2.75, 3.05) is 0 Å². The Labute approximate surface area is 137 Å². The van der Waals surface area contributed by atoms with Gasteiger partial charge in [0, 0.05) is 4.47 Å². The molecule has 1 aromatic carbocycles. The van der Waals surface area contributed by atoms with Crippen molar-refractivity contribution in [3.8, 4) is 0 Å². The Morgan fingerprint density at radius 1 is 1.10 bits per heavy atom. The Bertz CT molecular complexity index is 416. The highest BCUT2D eigenvalue weighted by atomic mass is 79.9. The topological polar surface area (TPSA) is 9.23 Å². The molecule has 1 nitrogen and oxygen atoms in total. The van der Waals surface area contributed by atoms with Crippen LogP contribution in [0, 0.1) is 5.92 Å². The summed E-state index contributed by atoms with van der Waals surface area (Å²) >= 11 is 3.45. The van der Waals surface area contributed by atoms with Crippen LogP contribution in [0.15, 0.2) is 35.0 Å². The summed E-state index contributed by atoms with van der Waals surface area (Å²) in [5, 5.41) is 0. The van der Waals surface area contributed by atoms with E-state index in [0.717, 1.165) is 10.4 Å². The van der Waals surface area contributed by atoms with Crippen molar-refractivity contribution in [1.82, 2.24) is 0 Å². The second-order valence-corrected chi connectivity index (χ2v) is 7.04. The number of ether oxygens (including phenoxy) is 1. The molecule has 1 saturated carbocycles. The maximum absolute atomic E-state index is 5.90. The summed E-state index contributed by atoms with van der Waals surface area (Å²) in [7, 11) is 0. The summed E-state index contributed by atoms with van der Waals surface area (Å²) < 4.78 is 7.01. The van der Waals surface area contributed by atoms with Crippen molar-refractivity contribution >= 4 is 22.0 Å². The Morgan fingerprint density at radius 2 is 1.81 bits per heavy atom. The second kappa shape index (κ2) is 9.30. The molecule has 0 saturated heterocycles. The van der Waals surface area contributed by atoms with Crippen molar-refractivity contribution in [3.63, 3.8) is 0 Å². The third-order valence-corrected chi connectivity index (χ3v) is 4.94. The van der Waals surface area contributed by atoms with E-state index in [2.05, 4.69) is 53.2 Å². The fraction of sp³-hybridized carbons (Fsp3) is 0.579. The lowest BCUT2D eigenvalue weighted by atomic mass is 9.84. The average molecular weight is 351 g/mol. The Hall–Kier alpha value is -0.760. The van der Waals surface area contributed by atoms with Gasteiger partial charge in [0.1, 0.15) is 0 Å². The molecular formula is C19H27BrO. The monoisotopic (exact) mass is 350 g/mol. The summed E-state index contributed by atoms with van der Waals surface area (Å²) in [6, 6.07) is 8.30. The molecule has 2 rings (SSSR count). The highest BCUT2D eigenvalue weighted by Crippen LogP contribution is 2.30. The van der Waals surface area contributed by atoms with Crippen LogP contribution < -0.4 is 0 Å². The van der Waals surface area contributed by atoms with Crippen LogP contribution in [0.4, 0.5) is 0 Å². The maximum Gasteiger partial charge on any atom is 0.0978 e. The maximum atomic E-state index is 5.90. The quantitative estimate of drug-likeness (QED) is 0.398. The molecule has 1 aromatic rings. The molecule has 0 N–H and O–H groups in total. The number of halogens is 1. The van der Waals surface area contributed by atoms with E-state index < -0.39 is 0 Å². The fourth-order valence-electron chi connectivity index (χ4n) is 3.04. The number of hydrogen-bond acceptors (Lipinski definition) is 1. The van der Waals surface area contributed by atoms with Gasteiger partial charge < -0.3 is 4.74 Å². The lowest BCUT2D eigenvalue weighted by Crippen LogP contribution is -2.19. The van der Waals surface area contributed by atoms with E-state index >= 15 is 0 Å². The molecule has 0 atom stereocenters. The van der Waals surface area contributed by atoms with Crippen molar-refractivity contribution in [2.45, 2.75) is 64.4 Å². The largest absolute Gasteiger partial charge is 0.498 e. The molecule has 116 valence electrons. The molecule has 0 amide bonds. The van der Waals surface area contributed by atoms with E-state index in [9.17, 15) is 0 Å². The van der Waals surface area contributed by atoms with Crippen molar-refractivity contribution in [1.29, 1.82) is 0 Å². The van der Waals surface area contributed by atoms with Crippen LogP contribution >= 0.6 is 15.9 Å². The van der Waals surface area contributed by atoms with Crippen molar-refractivity contribution in [3.05, 3.63) is 40.6 Å². The fourth-order valence-corrected chi connectivity index (χ4v) is 3.31. The molecule has 0 spiro atoms. The van der Waals surface area contributed by atoms with E-state index in [4.69, 9.17) is 4.74 Å². The van der Waals surface area contributed by atoms with Crippen LogP contribution in [0.2, 0.25) is 0 Å². The predicted molar refractivity (Wildman–Crippen MR) is 94.1 cm³/mol. The number of benzene rings is 1. The smallest absolute Gasteiger partial charge is 0.0978 e. The molecule has 1 fully saturated rings. The van der Waals surface area contributed by atoms with Crippen LogP contribution in [0.25, 0.3) is 6.08 Å². The van der Waals surface area contributed by atoms with Gasteiger partial charge in [-0.25, -0.2) is 0 Å². The molecule has 2 heteroatoms. The number of unbranched alkanes of at least 4 members (excludes halogenated alkanes) is 2. The third-order valence-electron chi connectivity index (χ3n) is 4.41. The summed E-state index contributed by atoms with van der Waals surface area (Å²) in [6.07, 6.45) is 15.1. The van der Waals surface area contributed by atoms with Gasteiger partial charge in [-0.3, -0.25) is 0 Å². The molecule has 0 unspecified atom stereocenters.